The van der Waals surface area contributed by atoms with Crippen LogP contribution in [0.4, 0.5) is 0 Å². The number of aromatic hydroxyl groups is 2. The van der Waals surface area contributed by atoms with Gasteiger partial charge in [-0.3, -0.25) is 4.55 Å². The Morgan fingerprint density at radius 2 is 1.79 bits per heavy atom. The molecule has 1 rings (SSSR count). The Bertz CT molecular complexity index is 423. The molecule has 0 spiro atoms. The molecular weight excluding hydrogens is 208 g/mol. The molecule has 0 heterocycles. The molecule has 78 valence electrons. The van der Waals surface area contributed by atoms with E-state index in [1.165, 1.54) is 18.2 Å². The van der Waals surface area contributed by atoms with E-state index < -0.39 is 15.9 Å². The van der Waals surface area contributed by atoms with E-state index in [4.69, 9.17) is 14.8 Å². The molecule has 0 radical (unpaired) electrons. The molecule has 5 nitrogen and oxygen atoms in total. The third-order valence-electron chi connectivity index (χ3n) is 1.69. The zero-order valence-corrected chi connectivity index (χ0v) is 8.03. The topological polar surface area (TPSA) is 94.8 Å². The van der Waals surface area contributed by atoms with Crippen LogP contribution >= 0.6 is 0 Å². The lowest BCUT2D eigenvalue weighted by Crippen LogP contribution is -2.06. The molecule has 1 aromatic rings. The number of phenolic OH excluding ortho intramolecular Hbond substituents is 2. The highest BCUT2D eigenvalue weighted by Gasteiger charge is 2.06. The maximum Gasteiger partial charge on any atom is 0.265 e. The first-order valence-electron chi connectivity index (χ1n) is 3.84. The molecule has 14 heavy (non-hydrogen) atoms. The lowest BCUT2D eigenvalue weighted by Gasteiger charge is -2.01. The number of hydrogen-bond donors (Lipinski definition) is 3. The summed E-state index contributed by atoms with van der Waals surface area (Å²) in [4.78, 5) is 0. The highest BCUT2D eigenvalue weighted by atomic mass is 32.2. The fourth-order valence-electron chi connectivity index (χ4n) is 0.971. The standard InChI is InChI=1S/C8H10O5S/c9-7-2-1-6(5-8(7)10)3-4-14(11,12)13/h1-2,5,9-10H,3-4H2,(H,11,12,13). The summed E-state index contributed by atoms with van der Waals surface area (Å²) in [6.07, 6.45) is 0.0900. The van der Waals surface area contributed by atoms with Crippen LogP contribution in [0.3, 0.4) is 0 Å². The second-order valence-electron chi connectivity index (χ2n) is 2.86. The van der Waals surface area contributed by atoms with Crippen molar-refractivity contribution in [3.05, 3.63) is 23.8 Å². The van der Waals surface area contributed by atoms with Gasteiger partial charge in [0.2, 0.25) is 0 Å². The van der Waals surface area contributed by atoms with Crippen molar-refractivity contribution in [2.24, 2.45) is 0 Å². The van der Waals surface area contributed by atoms with E-state index in [9.17, 15) is 8.42 Å². The van der Waals surface area contributed by atoms with E-state index in [-0.39, 0.29) is 17.9 Å². The van der Waals surface area contributed by atoms with Crippen molar-refractivity contribution in [1.82, 2.24) is 0 Å². The number of hydrogen-bond acceptors (Lipinski definition) is 4. The normalized spacial score (nSPS) is 11.5. The largest absolute Gasteiger partial charge is 0.504 e. The molecule has 0 fully saturated rings. The minimum Gasteiger partial charge on any atom is -0.504 e. The van der Waals surface area contributed by atoms with Crippen molar-refractivity contribution in [1.29, 1.82) is 0 Å². The molecule has 0 saturated heterocycles. The first-order chi connectivity index (χ1) is 6.38. The Morgan fingerprint density at radius 3 is 2.29 bits per heavy atom. The lowest BCUT2D eigenvalue weighted by molar-refractivity contribution is 0.403. The van der Waals surface area contributed by atoms with E-state index in [1.54, 1.807) is 0 Å². The molecule has 0 aliphatic carbocycles. The van der Waals surface area contributed by atoms with Crippen LogP contribution in [0.1, 0.15) is 5.56 Å². The first kappa shape index (κ1) is 10.8. The van der Waals surface area contributed by atoms with E-state index in [2.05, 4.69) is 0 Å². The summed E-state index contributed by atoms with van der Waals surface area (Å²) in [6, 6.07) is 3.98. The lowest BCUT2D eigenvalue weighted by atomic mass is 10.1. The van der Waals surface area contributed by atoms with Crippen LogP contribution < -0.4 is 0 Å². The van der Waals surface area contributed by atoms with Crippen LogP contribution in [-0.4, -0.2) is 28.9 Å². The zero-order chi connectivity index (χ0) is 10.8. The van der Waals surface area contributed by atoms with Crippen molar-refractivity contribution < 1.29 is 23.2 Å². The van der Waals surface area contributed by atoms with Gasteiger partial charge in [-0.2, -0.15) is 8.42 Å². The van der Waals surface area contributed by atoms with Gasteiger partial charge in [0.15, 0.2) is 11.5 Å². The molecule has 3 N–H and O–H groups in total. The minimum atomic E-state index is -3.99. The molecule has 0 unspecified atom stereocenters. The summed E-state index contributed by atoms with van der Waals surface area (Å²) in [5.41, 5.74) is 0.526. The molecule has 0 atom stereocenters. The van der Waals surface area contributed by atoms with Gasteiger partial charge in [-0.25, -0.2) is 0 Å². The van der Waals surface area contributed by atoms with Gasteiger partial charge in [0.1, 0.15) is 0 Å². The van der Waals surface area contributed by atoms with Crippen LogP contribution in [0, 0.1) is 0 Å². The van der Waals surface area contributed by atoms with Crippen molar-refractivity contribution in [2.45, 2.75) is 6.42 Å². The Balaban J connectivity index is 2.74. The number of aryl methyl sites for hydroxylation is 1. The van der Waals surface area contributed by atoms with Crippen molar-refractivity contribution in [3.8, 4) is 11.5 Å². The van der Waals surface area contributed by atoms with E-state index >= 15 is 0 Å². The first-order valence-corrected chi connectivity index (χ1v) is 5.45. The van der Waals surface area contributed by atoms with Crippen LogP contribution in [0.5, 0.6) is 11.5 Å². The SMILES string of the molecule is O=S(=O)(O)CCc1ccc(O)c(O)c1. The van der Waals surface area contributed by atoms with Crippen molar-refractivity contribution >= 4 is 10.1 Å². The number of phenols is 2. The number of benzene rings is 1. The van der Waals surface area contributed by atoms with Crippen molar-refractivity contribution in [3.63, 3.8) is 0 Å². The fourth-order valence-corrected chi connectivity index (χ4v) is 1.47. The summed E-state index contributed by atoms with van der Waals surface area (Å²) in [6.45, 7) is 0. The Labute approximate surface area is 81.4 Å². The smallest absolute Gasteiger partial charge is 0.265 e. The van der Waals surface area contributed by atoms with Gasteiger partial charge >= 0.3 is 0 Å². The monoisotopic (exact) mass is 218 g/mol. The summed E-state index contributed by atoms with van der Waals surface area (Å²) >= 11 is 0. The summed E-state index contributed by atoms with van der Waals surface area (Å²) < 4.78 is 29.3. The molecule has 0 aliphatic heterocycles. The van der Waals surface area contributed by atoms with Gasteiger partial charge in [0, 0.05) is 0 Å². The molecule has 6 heteroatoms. The van der Waals surface area contributed by atoms with Crippen LogP contribution in [-0.2, 0) is 16.5 Å². The molecule has 0 saturated carbocycles. The predicted octanol–water partition coefficient (Wildman–Crippen LogP) is 0.528. The maximum absolute atomic E-state index is 10.4. The second kappa shape index (κ2) is 3.85. The summed E-state index contributed by atoms with van der Waals surface area (Å²) in [5, 5.41) is 18.0. The van der Waals surface area contributed by atoms with Crippen LogP contribution in [0.25, 0.3) is 0 Å². The molecule has 0 bridgehead atoms. The van der Waals surface area contributed by atoms with Gasteiger partial charge < -0.3 is 10.2 Å². The Kier molecular flexibility index (Phi) is 2.97. The molecule has 0 amide bonds. The van der Waals surface area contributed by atoms with Crippen LogP contribution in [0.15, 0.2) is 18.2 Å². The van der Waals surface area contributed by atoms with Gasteiger partial charge in [0.25, 0.3) is 10.1 Å². The average molecular weight is 218 g/mol. The minimum absolute atomic E-state index is 0.0900. The summed E-state index contributed by atoms with van der Waals surface area (Å²) in [5.74, 6) is -0.976. The molecule has 0 aliphatic rings. The summed E-state index contributed by atoms with van der Waals surface area (Å²) in [7, 11) is -3.99. The second-order valence-corrected chi connectivity index (χ2v) is 4.43. The van der Waals surface area contributed by atoms with Gasteiger partial charge in [0.05, 0.1) is 5.75 Å². The van der Waals surface area contributed by atoms with Crippen molar-refractivity contribution in [2.75, 3.05) is 5.75 Å². The molecular formula is C8H10O5S. The van der Waals surface area contributed by atoms with E-state index in [0.29, 0.717) is 5.56 Å². The van der Waals surface area contributed by atoms with E-state index in [0.717, 1.165) is 0 Å². The van der Waals surface area contributed by atoms with Gasteiger partial charge in [-0.1, -0.05) is 6.07 Å². The Hall–Kier alpha value is -1.27. The van der Waals surface area contributed by atoms with Crippen LogP contribution in [0.2, 0.25) is 0 Å². The average Bonchev–Trinajstić information content (AvgIpc) is 2.06. The Morgan fingerprint density at radius 1 is 1.14 bits per heavy atom. The quantitative estimate of drug-likeness (QED) is 0.508. The predicted molar refractivity (Wildman–Crippen MR) is 49.9 cm³/mol. The molecule has 1 aromatic carbocycles. The fraction of sp³-hybridized carbons (Fsp3) is 0.250. The highest BCUT2D eigenvalue weighted by Crippen LogP contribution is 2.24. The highest BCUT2D eigenvalue weighted by molar-refractivity contribution is 7.85. The van der Waals surface area contributed by atoms with Gasteiger partial charge in [-0.05, 0) is 24.1 Å². The zero-order valence-electron chi connectivity index (χ0n) is 7.21. The number of rotatable bonds is 3. The maximum atomic E-state index is 10.4. The molecule has 0 aromatic heterocycles. The van der Waals surface area contributed by atoms with E-state index in [1.807, 2.05) is 0 Å². The van der Waals surface area contributed by atoms with Gasteiger partial charge in [-0.15, -0.1) is 0 Å². The third-order valence-corrected chi connectivity index (χ3v) is 2.41. The third kappa shape index (κ3) is 3.23.